The summed E-state index contributed by atoms with van der Waals surface area (Å²) in [5, 5.41) is 3.18. The minimum atomic E-state index is -0.126. The molecule has 0 aliphatic heterocycles. The average Bonchev–Trinajstić information content (AvgIpc) is 3.46. The first kappa shape index (κ1) is 19.8. The summed E-state index contributed by atoms with van der Waals surface area (Å²) in [6, 6.07) is 7.65. The molecule has 1 aromatic carbocycles. The maximum absolute atomic E-state index is 12.7. The van der Waals surface area contributed by atoms with Crippen LogP contribution in [0.5, 0.6) is 0 Å². The summed E-state index contributed by atoms with van der Waals surface area (Å²) in [6.07, 6.45) is 9.73. The zero-order valence-corrected chi connectivity index (χ0v) is 17.3. The second kappa shape index (κ2) is 8.19. The van der Waals surface area contributed by atoms with Gasteiger partial charge in [-0.1, -0.05) is 12.8 Å². The van der Waals surface area contributed by atoms with E-state index in [9.17, 15) is 9.59 Å². The number of ketones is 1. The van der Waals surface area contributed by atoms with Crippen LogP contribution >= 0.6 is 0 Å². The molecular weight excluding hydrogens is 392 g/mol. The fourth-order valence-corrected chi connectivity index (χ4v) is 4.84. The number of carbonyl (C=O) groups excluding carboxylic acids is 1. The molecule has 2 fully saturated rings. The van der Waals surface area contributed by atoms with Gasteiger partial charge in [0.15, 0.2) is 11.4 Å². The third kappa shape index (κ3) is 3.95. The van der Waals surface area contributed by atoms with E-state index in [0.717, 1.165) is 50.6 Å². The number of anilines is 2. The Kier molecular flexibility index (Phi) is 5.23. The van der Waals surface area contributed by atoms with Crippen LogP contribution in [0.3, 0.4) is 0 Å². The lowest BCUT2D eigenvalue weighted by Crippen LogP contribution is -2.24. The number of nitrogens with zero attached hydrogens (tertiary/aromatic N) is 4. The molecule has 3 N–H and O–H groups in total. The Morgan fingerprint density at radius 1 is 1.03 bits per heavy atom. The molecule has 0 radical (unpaired) electrons. The van der Waals surface area contributed by atoms with Gasteiger partial charge >= 0.3 is 0 Å². The van der Waals surface area contributed by atoms with Crippen LogP contribution in [0.2, 0.25) is 0 Å². The summed E-state index contributed by atoms with van der Waals surface area (Å²) in [5.74, 6) is 0.582. The molecule has 0 amide bonds. The molecule has 2 saturated carbocycles. The molecule has 2 heterocycles. The number of aromatic nitrogens is 4. The second-order valence-corrected chi connectivity index (χ2v) is 8.64. The van der Waals surface area contributed by atoms with E-state index in [0.29, 0.717) is 22.7 Å². The molecule has 5 rings (SSSR count). The zero-order chi connectivity index (χ0) is 21.4. The monoisotopic (exact) mass is 418 g/mol. The average molecular weight is 419 g/mol. The highest BCUT2D eigenvalue weighted by Gasteiger charge is 2.28. The van der Waals surface area contributed by atoms with Gasteiger partial charge in [-0.2, -0.15) is 4.98 Å². The van der Waals surface area contributed by atoms with Crippen molar-refractivity contribution in [3.8, 4) is 0 Å². The molecule has 0 bridgehead atoms. The summed E-state index contributed by atoms with van der Waals surface area (Å²) < 4.78 is 1.76. The van der Waals surface area contributed by atoms with E-state index >= 15 is 0 Å². The summed E-state index contributed by atoms with van der Waals surface area (Å²) in [4.78, 5) is 38.3. The number of benzene rings is 1. The molecule has 2 aliphatic rings. The van der Waals surface area contributed by atoms with Gasteiger partial charge in [-0.3, -0.25) is 14.2 Å². The smallest absolute Gasteiger partial charge is 0.270 e. The molecule has 0 spiro atoms. The van der Waals surface area contributed by atoms with Crippen molar-refractivity contribution in [3.05, 3.63) is 52.6 Å². The van der Waals surface area contributed by atoms with Gasteiger partial charge in [-0.15, -0.1) is 0 Å². The zero-order valence-electron chi connectivity index (χ0n) is 17.3. The molecule has 8 heteroatoms. The number of nitrogens with one attached hydrogen (secondary N) is 1. The number of rotatable bonds is 5. The quantitative estimate of drug-likeness (QED) is 0.610. The first-order valence-electron chi connectivity index (χ1n) is 11.0. The number of hydrogen-bond acceptors (Lipinski definition) is 7. The first-order chi connectivity index (χ1) is 15.1. The van der Waals surface area contributed by atoms with Crippen molar-refractivity contribution in [1.29, 1.82) is 0 Å². The lowest BCUT2D eigenvalue weighted by molar-refractivity contribution is 0.0922. The highest BCUT2D eigenvalue weighted by Crippen LogP contribution is 2.30. The summed E-state index contributed by atoms with van der Waals surface area (Å²) in [5.41, 5.74) is 8.46. The molecule has 2 unspecified atom stereocenters. The van der Waals surface area contributed by atoms with Crippen LogP contribution in [0, 0.1) is 5.92 Å². The molecule has 160 valence electrons. The van der Waals surface area contributed by atoms with Crippen molar-refractivity contribution in [2.45, 2.75) is 57.0 Å². The van der Waals surface area contributed by atoms with Crippen LogP contribution in [0.1, 0.15) is 61.3 Å². The minimum Gasteiger partial charge on any atom is -0.328 e. The van der Waals surface area contributed by atoms with E-state index in [-0.39, 0.29) is 29.3 Å². The van der Waals surface area contributed by atoms with E-state index in [1.165, 1.54) is 6.20 Å². The summed E-state index contributed by atoms with van der Waals surface area (Å²) >= 11 is 0. The van der Waals surface area contributed by atoms with Gasteiger partial charge in [0.25, 0.3) is 5.56 Å². The van der Waals surface area contributed by atoms with Crippen LogP contribution in [0.4, 0.5) is 11.6 Å². The van der Waals surface area contributed by atoms with Crippen molar-refractivity contribution in [2.75, 3.05) is 5.32 Å². The van der Waals surface area contributed by atoms with E-state index in [2.05, 4.69) is 20.3 Å². The van der Waals surface area contributed by atoms with Crippen LogP contribution in [-0.4, -0.2) is 31.3 Å². The molecule has 2 aliphatic carbocycles. The molecule has 8 nitrogen and oxygen atoms in total. The predicted octanol–water partition coefficient (Wildman–Crippen LogP) is 3.36. The van der Waals surface area contributed by atoms with Crippen LogP contribution in [0.15, 0.2) is 41.5 Å². The van der Waals surface area contributed by atoms with Gasteiger partial charge in [0, 0.05) is 29.3 Å². The van der Waals surface area contributed by atoms with Crippen LogP contribution in [-0.2, 0) is 0 Å². The van der Waals surface area contributed by atoms with E-state index in [1.807, 2.05) is 24.3 Å². The second-order valence-electron chi connectivity index (χ2n) is 8.64. The SMILES string of the molecule is NC1CCC(C(=O)c2ccc(Nc3ncc4ncc(=O)n(C5CCCC5)c4n3)cc2)C1. The Morgan fingerprint density at radius 3 is 2.52 bits per heavy atom. The standard InChI is InChI=1S/C23H26N6O2/c24-16-8-5-15(11-16)21(31)14-6-9-17(10-7-14)27-23-26-12-19-22(28-23)29(20(30)13-25-19)18-3-1-2-4-18/h6-7,9-10,12-13,15-16,18H,1-5,8,11,24H2,(H,26,27,28). The van der Waals surface area contributed by atoms with Gasteiger partial charge in [0.2, 0.25) is 5.95 Å². The minimum absolute atomic E-state index is 0.0254. The van der Waals surface area contributed by atoms with Crippen molar-refractivity contribution in [3.63, 3.8) is 0 Å². The highest BCUT2D eigenvalue weighted by molar-refractivity contribution is 5.98. The Balaban J connectivity index is 1.38. The molecule has 3 aromatic rings. The van der Waals surface area contributed by atoms with Gasteiger partial charge in [0.05, 0.1) is 12.4 Å². The summed E-state index contributed by atoms with van der Waals surface area (Å²) in [6.45, 7) is 0. The van der Waals surface area contributed by atoms with Crippen LogP contribution < -0.4 is 16.6 Å². The van der Waals surface area contributed by atoms with E-state index in [1.54, 1.807) is 10.8 Å². The maximum Gasteiger partial charge on any atom is 0.270 e. The number of fused-ring (bicyclic) bond motifs is 1. The van der Waals surface area contributed by atoms with Crippen LogP contribution in [0.25, 0.3) is 11.2 Å². The lowest BCUT2D eigenvalue weighted by atomic mass is 9.96. The van der Waals surface area contributed by atoms with Crippen molar-refractivity contribution in [1.82, 2.24) is 19.5 Å². The fraction of sp³-hybridized carbons (Fsp3) is 0.435. The third-order valence-electron chi connectivity index (χ3n) is 6.49. The predicted molar refractivity (Wildman–Crippen MR) is 118 cm³/mol. The van der Waals surface area contributed by atoms with Crippen molar-refractivity contribution >= 4 is 28.6 Å². The maximum atomic E-state index is 12.7. The number of Topliss-reactive ketones (excluding diaryl/α,β-unsaturated/α-hetero) is 1. The topological polar surface area (TPSA) is 116 Å². The number of carbonyl (C=O) groups is 1. The van der Waals surface area contributed by atoms with Gasteiger partial charge in [-0.25, -0.2) is 9.97 Å². The Labute approximate surface area is 179 Å². The first-order valence-corrected chi connectivity index (χ1v) is 11.0. The van der Waals surface area contributed by atoms with Crippen molar-refractivity contribution in [2.24, 2.45) is 11.7 Å². The Bertz CT molecular complexity index is 1170. The normalized spacial score (nSPS) is 21.6. The van der Waals surface area contributed by atoms with E-state index < -0.39 is 0 Å². The number of nitrogens with two attached hydrogens (primary N) is 1. The summed E-state index contributed by atoms with van der Waals surface area (Å²) in [7, 11) is 0. The Hall–Kier alpha value is -3.13. The van der Waals surface area contributed by atoms with E-state index in [4.69, 9.17) is 5.73 Å². The van der Waals surface area contributed by atoms with Gasteiger partial charge in [-0.05, 0) is 56.4 Å². The molecule has 2 atom stereocenters. The fourth-order valence-electron chi connectivity index (χ4n) is 4.84. The van der Waals surface area contributed by atoms with Gasteiger partial charge < -0.3 is 11.1 Å². The molecule has 0 saturated heterocycles. The van der Waals surface area contributed by atoms with Gasteiger partial charge in [0.1, 0.15) is 5.52 Å². The molecule has 31 heavy (non-hydrogen) atoms. The molecular formula is C23H26N6O2. The molecule has 2 aromatic heterocycles. The highest BCUT2D eigenvalue weighted by atomic mass is 16.1. The Morgan fingerprint density at radius 2 is 1.81 bits per heavy atom. The lowest BCUT2D eigenvalue weighted by Gasteiger charge is -2.15. The van der Waals surface area contributed by atoms with Crippen molar-refractivity contribution < 1.29 is 4.79 Å². The third-order valence-corrected chi connectivity index (χ3v) is 6.49. The largest absolute Gasteiger partial charge is 0.328 e. The number of hydrogen-bond donors (Lipinski definition) is 2.